The predicted octanol–water partition coefficient (Wildman–Crippen LogP) is -0.587. The number of aromatic nitrogens is 2. The van der Waals surface area contributed by atoms with Crippen molar-refractivity contribution >= 4 is 31.0 Å². The number of hydrogen-bond acceptors (Lipinski definition) is 8. The van der Waals surface area contributed by atoms with Gasteiger partial charge in [-0.15, -0.1) is 0 Å². The van der Waals surface area contributed by atoms with E-state index in [4.69, 9.17) is 31.9 Å². The quantitative estimate of drug-likeness (QED) is 0.165. The number of nitrogens with zero attached hydrogens (tertiary/aromatic N) is 3. The summed E-state index contributed by atoms with van der Waals surface area (Å²) < 4.78 is 17.6. The van der Waals surface area contributed by atoms with E-state index in [-0.39, 0.29) is 17.4 Å². The number of fused-ring (bicyclic) bond motifs is 1. The highest BCUT2D eigenvalue weighted by atomic mass is 35.5. The molecular weight excluding hydrogens is 389 g/mol. The molecule has 144 valence electrons. The highest BCUT2D eigenvalue weighted by molar-refractivity contribution is 7.51. The van der Waals surface area contributed by atoms with Gasteiger partial charge in [-0.05, 0) is 12.5 Å². The van der Waals surface area contributed by atoms with E-state index < -0.39 is 43.3 Å². The van der Waals surface area contributed by atoms with Gasteiger partial charge >= 0.3 is 7.60 Å². The molecule has 0 amide bonds. The smallest absolute Gasteiger partial charge is 0.351 e. The second-order valence-electron chi connectivity index (χ2n) is 6.39. The Balaban J connectivity index is 1.99. The third kappa shape index (κ3) is 3.16. The van der Waals surface area contributed by atoms with Crippen molar-refractivity contribution in [2.75, 3.05) is 6.35 Å². The summed E-state index contributed by atoms with van der Waals surface area (Å²) in [5, 5.41) is 24.0. The van der Waals surface area contributed by atoms with Crippen molar-refractivity contribution in [2.24, 2.45) is 10.7 Å². The second-order valence-corrected chi connectivity index (χ2v) is 8.42. The lowest BCUT2D eigenvalue weighted by Gasteiger charge is -2.30. The first-order valence-corrected chi connectivity index (χ1v) is 9.73. The monoisotopic (exact) mass is 407 g/mol. The molecule has 1 aliphatic carbocycles. The number of aliphatic hydroxyl groups is 2. The van der Waals surface area contributed by atoms with Crippen LogP contribution in [0.15, 0.2) is 23.5 Å². The Morgan fingerprint density at radius 1 is 1.58 bits per heavy atom. The summed E-state index contributed by atoms with van der Waals surface area (Å²) >= 11 is 6.13. The topological polar surface area (TPSA) is 175 Å². The maximum Gasteiger partial charge on any atom is 0.351 e. The number of aliphatic imine (C=N–C) groups is 1. The fourth-order valence-corrected chi connectivity index (χ4v) is 3.85. The van der Waals surface area contributed by atoms with Crippen molar-refractivity contribution < 1.29 is 29.3 Å². The molecule has 3 rings (SSSR count). The lowest BCUT2D eigenvalue weighted by molar-refractivity contribution is -0.0989. The molecule has 1 unspecified atom stereocenters. The molecule has 2 heterocycles. The average molecular weight is 408 g/mol. The molecule has 0 aromatic carbocycles. The fourth-order valence-electron chi connectivity index (χ4n) is 3.23. The van der Waals surface area contributed by atoms with E-state index >= 15 is 0 Å². The Labute approximate surface area is 153 Å². The van der Waals surface area contributed by atoms with Gasteiger partial charge < -0.3 is 40.4 Å². The molecular formula is C13H19ClN5O6P. The van der Waals surface area contributed by atoms with Gasteiger partial charge in [0.05, 0.1) is 12.4 Å². The Bertz CT molecular complexity index is 820. The van der Waals surface area contributed by atoms with Gasteiger partial charge in [0.1, 0.15) is 29.9 Å². The minimum atomic E-state index is -4.47. The maximum absolute atomic E-state index is 11.1. The third-order valence-corrected chi connectivity index (χ3v) is 5.19. The number of aliphatic hydroxyl groups excluding tert-OH is 1. The van der Waals surface area contributed by atoms with Gasteiger partial charge in [0.15, 0.2) is 17.3 Å². The number of alkyl halides is 1. The van der Waals surface area contributed by atoms with Crippen LogP contribution in [0.25, 0.3) is 0 Å². The number of guanidine groups is 1. The molecule has 11 nitrogen and oxygen atoms in total. The summed E-state index contributed by atoms with van der Waals surface area (Å²) in [6, 6.07) is -0.936. The summed E-state index contributed by atoms with van der Waals surface area (Å²) in [4.78, 5) is 26.3. The van der Waals surface area contributed by atoms with Crippen LogP contribution in [0.5, 0.6) is 0 Å². The first kappa shape index (κ1) is 19.3. The first-order chi connectivity index (χ1) is 11.9. The van der Waals surface area contributed by atoms with Gasteiger partial charge in [0, 0.05) is 0 Å². The second kappa shape index (κ2) is 6.31. The molecule has 7 N–H and O–H groups in total. The molecule has 1 aliphatic heterocycles. The van der Waals surface area contributed by atoms with Crippen LogP contribution in [-0.2, 0) is 9.30 Å². The molecule has 2 aliphatic rings. The number of rotatable bonds is 4. The zero-order chi connectivity index (χ0) is 19.4. The van der Waals surface area contributed by atoms with Crippen LogP contribution in [0.2, 0.25) is 0 Å². The summed E-state index contributed by atoms with van der Waals surface area (Å²) in [5.74, 6) is 0.327. The van der Waals surface area contributed by atoms with Gasteiger partial charge in [-0.3, -0.25) is 4.57 Å². The third-order valence-electron chi connectivity index (χ3n) is 4.39. The first-order valence-electron chi connectivity index (χ1n) is 7.50. The molecule has 1 saturated carbocycles. The van der Waals surface area contributed by atoms with Gasteiger partial charge in [-0.25, -0.2) is 4.98 Å². The Morgan fingerprint density at radius 3 is 2.85 bits per heavy atom. The van der Waals surface area contributed by atoms with Crippen molar-refractivity contribution in [3.8, 4) is 0 Å². The van der Waals surface area contributed by atoms with Gasteiger partial charge in [-0.1, -0.05) is 18.2 Å². The van der Waals surface area contributed by atoms with Gasteiger partial charge in [-0.2, -0.15) is 4.99 Å². The molecule has 1 aromatic heterocycles. The molecule has 1 fully saturated rings. The lowest BCUT2D eigenvalue weighted by atomic mass is 9.97. The van der Waals surface area contributed by atoms with Crippen molar-refractivity contribution in [3.63, 3.8) is 0 Å². The van der Waals surface area contributed by atoms with Crippen molar-refractivity contribution in [2.45, 2.75) is 36.3 Å². The number of nitrogens with two attached hydrogens (primary N) is 1. The molecule has 0 radical (unpaired) electrons. The fraction of sp³-hybridized carbons (Fsp3) is 0.538. The van der Waals surface area contributed by atoms with Crippen LogP contribution in [0.1, 0.15) is 24.2 Å². The SMILES string of the molecule is C=C1[C@H](OCP(=O)(O)O)[C@@H](O)[C@@](C)(O)[C@@H]1n1cnc2c1N=C(N)NC2Cl. The van der Waals surface area contributed by atoms with E-state index in [0.717, 1.165) is 0 Å². The normalized spacial score (nSPS) is 34.4. The molecule has 0 saturated heterocycles. The van der Waals surface area contributed by atoms with E-state index in [1.54, 1.807) is 0 Å². The number of hydrogen-bond donors (Lipinski definition) is 6. The minimum absolute atomic E-state index is 0.0531. The van der Waals surface area contributed by atoms with Crippen LogP contribution in [0, 0.1) is 0 Å². The Hall–Kier alpha value is -1.46. The number of halogens is 1. The lowest BCUT2D eigenvalue weighted by Crippen LogP contribution is -2.44. The molecule has 26 heavy (non-hydrogen) atoms. The van der Waals surface area contributed by atoms with Crippen LogP contribution in [0.4, 0.5) is 5.82 Å². The molecule has 5 atom stereocenters. The van der Waals surface area contributed by atoms with Crippen LogP contribution < -0.4 is 11.1 Å². The molecule has 1 aromatic rings. The van der Waals surface area contributed by atoms with Crippen LogP contribution in [-0.4, -0.2) is 59.7 Å². The highest BCUT2D eigenvalue weighted by Crippen LogP contribution is 2.48. The van der Waals surface area contributed by atoms with E-state index in [2.05, 4.69) is 21.9 Å². The van der Waals surface area contributed by atoms with Crippen LogP contribution >= 0.6 is 19.2 Å². The number of nitrogens with one attached hydrogen (secondary N) is 1. The van der Waals surface area contributed by atoms with E-state index in [9.17, 15) is 14.8 Å². The maximum atomic E-state index is 11.1. The molecule has 0 bridgehead atoms. The van der Waals surface area contributed by atoms with E-state index in [0.29, 0.717) is 5.69 Å². The number of ether oxygens (including phenoxy) is 1. The summed E-state index contributed by atoms with van der Waals surface area (Å²) in [7, 11) is -4.47. The molecule has 13 heteroatoms. The van der Waals surface area contributed by atoms with Gasteiger partial charge in [0.25, 0.3) is 0 Å². The zero-order valence-electron chi connectivity index (χ0n) is 13.7. The molecule has 0 spiro atoms. The van der Waals surface area contributed by atoms with E-state index in [1.807, 2.05) is 0 Å². The zero-order valence-corrected chi connectivity index (χ0v) is 15.3. The Morgan fingerprint density at radius 2 is 2.23 bits per heavy atom. The summed E-state index contributed by atoms with van der Waals surface area (Å²) in [6.07, 6.45) is -2.24. The summed E-state index contributed by atoms with van der Waals surface area (Å²) in [6.45, 7) is 5.19. The number of imidazole rings is 1. The van der Waals surface area contributed by atoms with Crippen molar-refractivity contribution in [3.05, 3.63) is 24.2 Å². The van der Waals surface area contributed by atoms with E-state index in [1.165, 1.54) is 17.8 Å². The average Bonchev–Trinajstić information content (AvgIpc) is 2.95. The van der Waals surface area contributed by atoms with Crippen molar-refractivity contribution in [1.29, 1.82) is 0 Å². The highest BCUT2D eigenvalue weighted by Gasteiger charge is 2.56. The van der Waals surface area contributed by atoms with Crippen LogP contribution in [0.3, 0.4) is 0 Å². The van der Waals surface area contributed by atoms with Gasteiger partial charge in [0.2, 0.25) is 0 Å². The largest absolute Gasteiger partial charge is 0.387 e. The standard InChI is InChI=1S/C13H19ClN5O6P/c1-5-7(25-4-26(22,23)24)9(20)13(2,21)8(5)19-3-16-6-10(14)17-12(15)18-11(6)19/h3,7-10,20-21H,1,4H2,2H3,(H3,15,17,18)(H2,22,23,24)/t7-,8+,9+,10?,13-/m0/s1. The Kier molecular flexibility index (Phi) is 4.68. The minimum Gasteiger partial charge on any atom is -0.387 e. The predicted molar refractivity (Wildman–Crippen MR) is 91.8 cm³/mol. The van der Waals surface area contributed by atoms with Crippen molar-refractivity contribution in [1.82, 2.24) is 14.9 Å². The summed E-state index contributed by atoms with van der Waals surface area (Å²) in [5.41, 5.74) is 3.76.